The van der Waals surface area contributed by atoms with Gasteiger partial charge in [0.1, 0.15) is 23.8 Å². The number of fused-ring (bicyclic) bond motifs is 1. The summed E-state index contributed by atoms with van der Waals surface area (Å²) in [6.07, 6.45) is 3.46. The Morgan fingerprint density at radius 1 is 1.02 bits per heavy atom. The molecule has 2 aromatic carbocycles. The molecule has 0 radical (unpaired) electrons. The quantitative estimate of drug-likeness (QED) is 0.230. The van der Waals surface area contributed by atoms with Gasteiger partial charge in [0.2, 0.25) is 0 Å². The average molecular weight is 599 g/mol. The molecule has 0 N–H and O–H groups in total. The number of carbonyl (C=O) groups is 1. The molecule has 230 valence electrons. The van der Waals surface area contributed by atoms with Crippen LogP contribution in [0.3, 0.4) is 0 Å². The number of aromatic nitrogens is 1. The number of nitrogens with zero attached hydrogens (tertiary/aromatic N) is 2. The first kappa shape index (κ1) is 32.0. The lowest BCUT2D eigenvalue weighted by Crippen LogP contribution is -2.41. The second kappa shape index (κ2) is 12.8. The summed E-state index contributed by atoms with van der Waals surface area (Å²) in [4.78, 5) is 14.2. The van der Waals surface area contributed by atoms with Crippen molar-refractivity contribution >= 4 is 25.4 Å². The predicted molar refractivity (Wildman–Crippen MR) is 166 cm³/mol. The van der Waals surface area contributed by atoms with Crippen LogP contribution >= 0.6 is 0 Å². The van der Waals surface area contributed by atoms with Crippen LogP contribution in [-0.4, -0.2) is 43.2 Å². The number of hydrogen-bond donors (Lipinski definition) is 0. The Kier molecular flexibility index (Phi) is 9.72. The van der Waals surface area contributed by atoms with Crippen molar-refractivity contribution in [2.24, 2.45) is 5.92 Å². The number of aryl methyl sites for hydroxylation is 1. The smallest absolute Gasteiger partial charge is 0.410 e. The molecule has 1 aromatic heterocycles. The molecule has 42 heavy (non-hydrogen) atoms. The number of hydrogen-bond acceptors (Lipinski definition) is 6. The van der Waals surface area contributed by atoms with E-state index in [4.69, 9.17) is 18.4 Å². The largest absolute Gasteiger partial charge is 0.489 e. The van der Waals surface area contributed by atoms with Crippen LogP contribution in [0.15, 0.2) is 40.9 Å². The fourth-order valence-corrected chi connectivity index (χ4v) is 5.79. The Morgan fingerprint density at radius 3 is 2.31 bits per heavy atom. The lowest BCUT2D eigenvalue weighted by Gasteiger charge is -2.36. The third-order valence-electron chi connectivity index (χ3n) is 8.56. The first-order chi connectivity index (χ1) is 19.6. The highest BCUT2D eigenvalue weighted by Crippen LogP contribution is 2.38. The number of amides is 1. The van der Waals surface area contributed by atoms with Gasteiger partial charge in [-0.25, -0.2) is 9.18 Å². The highest BCUT2D eigenvalue weighted by molar-refractivity contribution is 6.74. The molecular formula is C33H47FN2O5Si. The number of likely N-dealkylation sites (tertiary alicyclic amines) is 1. The highest BCUT2D eigenvalue weighted by Gasteiger charge is 2.37. The monoisotopic (exact) mass is 598 g/mol. The molecule has 9 heteroatoms. The molecule has 1 amide bonds. The second-order valence-electron chi connectivity index (χ2n) is 14.0. The van der Waals surface area contributed by atoms with E-state index >= 15 is 0 Å². The lowest BCUT2D eigenvalue weighted by molar-refractivity contribution is 0.0181. The van der Waals surface area contributed by atoms with Gasteiger partial charge in [0.05, 0.1) is 12.3 Å². The Balaban J connectivity index is 1.47. The first-order valence-electron chi connectivity index (χ1n) is 15.0. The second-order valence-corrected chi connectivity index (χ2v) is 18.8. The van der Waals surface area contributed by atoms with Gasteiger partial charge in [-0.15, -0.1) is 0 Å². The van der Waals surface area contributed by atoms with Gasteiger partial charge in [0.25, 0.3) is 0 Å². The molecule has 4 rings (SSSR count). The molecular weight excluding hydrogens is 551 g/mol. The molecule has 1 saturated heterocycles. The van der Waals surface area contributed by atoms with Crippen LogP contribution in [0.1, 0.15) is 77.6 Å². The number of carbonyl (C=O) groups excluding carboxylic acids is 1. The number of rotatable bonds is 9. The summed E-state index contributed by atoms with van der Waals surface area (Å²) in [5.41, 5.74) is 3.11. The van der Waals surface area contributed by atoms with Gasteiger partial charge in [0, 0.05) is 24.0 Å². The van der Waals surface area contributed by atoms with Crippen LogP contribution < -0.4 is 4.74 Å². The van der Waals surface area contributed by atoms with Crippen molar-refractivity contribution in [2.75, 3.05) is 13.1 Å². The van der Waals surface area contributed by atoms with E-state index in [1.165, 1.54) is 12.1 Å². The van der Waals surface area contributed by atoms with Gasteiger partial charge in [-0.1, -0.05) is 32.0 Å². The van der Waals surface area contributed by atoms with Crippen LogP contribution in [0.25, 0.3) is 11.0 Å². The first-order valence-corrected chi connectivity index (χ1v) is 17.9. The Labute approximate surface area is 250 Å². The summed E-state index contributed by atoms with van der Waals surface area (Å²) < 4.78 is 37.5. The zero-order valence-corrected chi connectivity index (χ0v) is 27.5. The maximum Gasteiger partial charge on any atom is 0.410 e. The third kappa shape index (κ3) is 8.13. The molecule has 1 aliphatic rings. The summed E-state index contributed by atoms with van der Waals surface area (Å²) in [7, 11) is -2.03. The van der Waals surface area contributed by atoms with Gasteiger partial charge < -0.3 is 23.3 Å². The van der Waals surface area contributed by atoms with E-state index in [9.17, 15) is 9.18 Å². The molecule has 3 aromatic rings. The average Bonchev–Trinajstić information content (AvgIpc) is 3.32. The summed E-state index contributed by atoms with van der Waals surface area (Å²) in [6.45, 7) is 19.0. The van der Waals surface area contributed by atoms with E-state index in [1.54, 1.807) is 12.1 Å². The van der Waals surface area contributed by atoms with Crippen molar-refractivity contribution in [3.63, 3.8) is 0 Å². The van der Waals surface area contributed by atoms with Crippen LogP contribution in [0.4, 0.5) is 9.18 Å². The molecule has 0 atom stereocenters. The number of benzene rings is 2. The molecule has 2 heterocycles. The number of piperidine rings is 1. The fraction of sp³-hybridized carbons (Fsp3) is 0.576. The number of halogens is 1. The molecule has 0 unspecified atom stereocenters. The molecule has 0 bridgehead atoms. The SMILES string of the molecule is CC(C)(C)OC(=O)N1CCC(CCc2noc3c(CO[Si](C)(C)C(C)(C)C)c(COc4ccc(F)cc4)ccc23)CC1. The Morgan fingerprint density at radius 2 is 1.69 bits per heavy atom. The van der Waals surface area contributed by atoms with Gasteiger partial charge in [-0.3, -0.25) is 0 Å². The predicted octanol–water partition coefficient (Wildman–Crippen LogP) is 8.65. The van der Waals surface area contributed by atoms with Crippen LogP contribution in [-0.2, 0) is 28.8 Å². The van der Waals surface area contributed by atoms with Crippen molar-refractivity contribution in [1.29, 1.82) is 0 Å². The zero-order valence-electron chi connectivity index (χ0n) is 26.5. The Bertz CT molecular complexity index is 1350. The Hall–Kier alpha value is -2.91. The maximum absolute atomic E-state index is 13.4. The summed E-state index contributed by atoms with van der Waals surface area (Å²) in [5, 5.41) is 5.57. The highest BCUT2D eigenvalue weighted by atomic mass is 28.4. The van der Waals surface area contributed by atoms with Crippen molar-refractivity contribution in [1.82, 2.24) is 10.1 Å². The standard InChI is InChI=1S/C33H47FN2O5Si/c1-32(2,3)40-31(37)36-19-17-23(18-20-36)9-16-29-27-15-10-24(21-38-26-13-11-25(34)12-14-26)28(30(27)41-35-29)22-39-42(7,8)33(4,5)6/h10-15,23H,9,16-22H2,1-8H3. The molecule has 1 aliphatic heterocycles. The van der Waals surface area contributed by atoms with Crippen molar-refractivity contribution in [2.45, 2.75) is 104 Å². The fourth-order valence-electron chi connectivity index (χ4n) is 4.86. The minimum absolute atomic E-state index is 0.0668. The minimum atomic E-state index is -2.03. The minimum Gasteiger partial charge on any atom is -0.489 e. The van der Waals surface area contributed by atoms with Gasteiger partial charge in [-0.2, -0.15) is 0 Å². The maximum atomic E-state index is 13.4. The van der Waals surface area contributed by atoms with Crippen LogP contribution in [0.2, 0.25) is 18.1 Å². The van der Waals surface area contributed by atoms with Gasteiger partial charge in [0.15, 0.2) is 13.9 Å². The zero-order chi connectivity index (χ0) is 30.7. The molecule has 0 spiro atoms. The third-order valence-corrected chi connectivity index (χ3v) is 13.0. The van der Waals surface area contributed by atoms with E-state index < -0.39 is 13.9 Å². The topological polar surface area (TPSA) is 74.0 Å². The summed E-state index contributed by atoms with van der Waals surface area (Å²) in [5.74, 6) is 0.818. The normalized spacial score (nSPS) is 15.3. The van der Waals surface area contributed by atoms with E-state index in [2.05, 4.69) is 51.2 Å². The molecule has 7 nitrogen and oxygen atoms in total. The summed E-state index contributed by atoms with van der Waals surface area (Å²) >= 11 is 0. The number of ether oxygens (including phenoxy) is 2. The van der Waals surface area contributed by atoms with Crippen molar-refractivity contribution in [3.05, 3.63) is 59.0 Å². The van der Waals surface area contributed by atoms with E-state index in [0.717, 1.165) is 53.5 Å². The molecule has 0 saturated carbocycles. The molecule has 1 fully saturated rings. The lowest BCUT2D eigenvalue weighted by atomic mass is 9.91. The van der Waals surface area contributed by atoms with Crippen molar-refractivity contribution < 1.29 is 27.6 Å². The van der Waals surface area contributed by atoms with Crippen molar-refractivity contribution in [3.8, 4) is 5.75 Å². The van der Waals surface area contributed by atoms with Gasteiger partial charge in [-0.05, 0) is 106 Å². The van der Waals surface area contributed by atoms with E-state index in [-0.39, 0.29) is 16.9 Å². The van der Waals surface area contributed by atoms with Crippen LogP contribution in [0.5, 0.6) is 5.75 Å². The van der Waals surface area contributed by atoms with Gasteiger partial charge >= 0.3 is 6.09 Å². The molecule has 0 aliphatic carbocycles. The van der Waals surface area contributed by atoms with Crippen LogP contribution in [0, 0.1) is 11.7 Å². The van der Waals surface area contributed by atoms with E-state index in [1.807, 2.05) is 25.7 Å². The van der Waals surface area contributed by atoms with E-state index in [0.29, 0.717) is 38.0 Å². The summed E-state index contributed by atoms with van der Waals surface area (Å²) in [6, 6.07) is 10.2.